The second-order valence-corrected chi connectivity index (χ2v) is 3.24. The van der Waals surface area contributed by atoms with Gasteiger partial charge in [0, 0.05) is 5.92 Å². The first kappa shape index (κ1) is 6.72. The molecule has 4 nitrogen and oxygen atoms in total. The summed E-state index contributed by atoms with van der Waals surface area (Å²) in [5, 5.41) is 0. The lowest BCUT2D eigenvalue weighted by molar-refractivity contribution is 0.797. The zero-order valence-electron chi connectivity index (χ0n) is 6.33. The van der Waals surface area contributed by atoms with Crippen LogP contribution in [0.1, 0.15) is 25.6 Å². The van der Waals surface area contributed by atoms with Crippen molar-refractivity contribution in [3.63, 3.8) is 0 Å². The first-order valence-electron chi connectivity index (χ1n) is 3.45. The van der Waals surface area contributed by atoms with Gasteiger partial charge in [-0.25, -0.2) is 4.98 Å². The molecule has 5 heteroatoms. The van der Waals surface area contributed by atoms with Crippen molar-refractivity contribution < 1.29 is 0 Å². The number of nitrogens with one attached hydrogen (secondary N) is 1. The van der Waals surface area contributed by atoms with Crippen LogP contribution in [-0.4, -0.2) is 18.7 Å². The van der Waals surface area contributed by atoms with Crippen molar-refractivity contribution >= 4 is 23.0 Å². The molecule has 0 radical (unpaired) electrons. The van der Waals surface area contributed by atoms with E-state index in [2.05, 4.69) is 32.6 Å². The van der Waals surface area contributed by atoms with E-state index in [1.807, 2.05) is 0 Å². The van der Waals surface area contributed by atoms with E-state index >= 15 is 0 Å². The maximum atomic E-state index is 4.25. The summed E-state index contributed by atoms with van der Waals surface area (Å²) >= 11 is 1.19. The molecule has 0 aliphatic carbocycles. The van der Waals surface area contributed by atoms with Gasteiger partial charge in [-0.3, -0.25) is 0 Å². The molecule has 2 aromatic heterocycles. The van der Waals surface area contributed by atoms with Gasteiger partial charge in [0.25, 0.3) is 0 Å². The summed E-state index contributed by atoms with van der Waals surface area (Å²) in [6.07, 6.45) is 0. The van der Waals surface area contributed by atoms with E-state index in [4.69, 9.17) is 0 Å². The highest BCUT2D eigenvalue weighted by Gasteiger charge is 2.07. The van der Waals surface area contributed by atoms with Gasteiger partial charge in [0.15, 0.2) is 5.65 Å². The zero-order chi connectivity index (χ0) is 7.84. The van der Waals surface area contributed by atoms with E-state index in [1.165, 1.54) is 11.7 Å². The number of imidazole rings is 1. The molecule has 0 saturated carbocycles. The monoisotopic (exact) mass is 168 g/mol. The Labute approximate surface area is 68.0 Å². The Bertz CT molecular complexity index is 333. The highest BCUT2D eigenvalue weighted by atomic mass is 32.1. The van der Waals surface area contributed by atoms with Gasteiger partial charge in [0.1, 0.15) is 5.82 Å². The molecule has 58 valence electrons. The van der Waals surface area contributed by atoms with Crippen LogP contribution in [0.25, 0.3) is 11.3 Å². The van der Waals surface area contributed by atoms with Gasteiger partial charge >= 0.3 is 0 Å². The van der Waals surface area contributed by atoms with E-state index in [-0.39, 0.29) is 0 Å². The molecule has 0 saturated heterocycles. The fraction of sp³-hybridized carbons (Fsp3) is 0.500. The Balaban J connectivity index is 2.58. The van der Waals surface area contributed by atoms with Gasteiger partial charge in [0.05, 0.1) is 11.7 Å². The van der Waals surface area contributed by atoms with Gasteiger partial charge in [-0.2, -0.15) is 8.75 Å². The predicted molar refractivity (Wildman–Crippen MR) is 43.6 cm³/mol. The molecule has 2 aromatic rings. The van der Waals surface area contributed by atoms with E-state index in [1.54, 1.807) is 0 Å². The van der Waals surface area contributed by atoms with Crippen molar-refractivity contribution in [2.24, 2.45) is 0 Å². The van der Waals surface area contributed by atoms with Crippen LogP contribution >= 0.6 is 11.7 Å². The molecular formula is C6H8N4S. The molecule has 2 rings (SSSR count). The van der Waals surface area contributed by atoms with Gasteiger partial charge in [-0.15, -0.1) is 0 Å². The first-order chi connectivity index (χ1) is 5.27. The third-order valence-electron chi connectivity index (χ3n) is 1.49. The number of hydrogen-bond donors (Lipinski definition) is 1. The standard InChI is InChI=1S/C6H8N4S/c1-3(2)4-7-5-6(8-4)10-11-9-5/h3H,1-2H3,(H,7,8,9,10). The van der Waals surface area contributed by atoms with Crippen LogP contribution in [0, 0.1) is 0 Å². The van der Waals surface area contributed by atoms with Crippen molar-refractivity contribution in [3.8, 4) is 0 Å². The minimum absolute atomic E-state index is 0.413. The van der Waals surface area contributed by atoms with E-state index in [0.29, 0.717) is 5.92 Å². The lowest BCUT2D eigenvalue weighted by Gasteiger charge is -1.95. The fourth-order valence-electron chi connectivity index (χ4n) is 0.873. The minimum atomic E-state index is 0.413. The molecule has 0 atom stereocenters. The Morgan fingerprint density at radius 3 is 2.82 bits per heavy atom. The number of nitrogens with zero attached hydrogens (tertiary/aromatic N) is 3. The molecule has 0 aliphatic rings. The van der Waals surface area contributed by atoms with Crippen molar-refractivity contribution in [3.05, 3.63) is 5.82 Å². The van der Waals surface area contributed by atoms with Gasteiger partial charge in [0.2, 0.25) is 5.65 Å². The fourth-order valence-corrected chi connectivity index (χ4v) is 1.33. The summed E-state index contributed by atoms with van der Waals surface area (Å²) in [7, 11) is 0. The zero-order valence-corrected chi connectivity index (χ0v) is 7.14. The SMILES string of the molecule is CC(C)c1nc2nsnc2[nH]1. The average Bonchev–Trinajstić information content (AvgIpc) is 2.40. The molecule has 0 amide bonds. The largest absolute Gasteiger partial charge is 0.324 e. The second kappa shape index (κ2) is 2.27. The Hall–Kier alpha value is -0.970. The Morgan fingerprint density at radius 2 is 2.18 bits per heavy atom. The molecule has 11 heavy (non-hydrogen) atoms. The highest BCUT2D eigenvalue weighted by Crippen LogP contribution is 2.14. The van der Waals surface area contributed by atoms with Crippen LogP contribution in [0.15, 0.2) is 0 Å². The summed E-state index contributed by atoms with van der Waals surface area (Å²) in [5.74, 6) is 1.37. The topological polar surface area (TPSA) is 54.5 Å². The van der Waals surface area contributed by atoms with Gasteiger partial charge in [-0.05, 0) is 0 Å². The first-order valence-corrected chi connectivity index (χ1v) is 4.18. The van der Waals surface area contributed by atoms with Crippen molar-refractivity contribution in [1.82, 2.24) is 18.7 Å². The number of hydrogen-bond acceptors (Lipinski definition) is 4. The summed E-state index contributed by atoms with van der Waals surface area (Å²) in [6, 6.07) is 0. The third kappa shape index (κ3) is 1.01. The molecule has 0 aliphatic heterocycles. The van der Waals surface area contributed by atoms with Crippen LogP contribution in [0.2, 0.25) is 0 Å². The molecule has 0 unspecified atom stereocenters. The Morgan fingerprint density at radius 1 is 1.36 bits per heavy atom. The molecule has 1 N–H and O–H groups in total. The predicted octanol–water partition coefficient (Wildman–Crippen LogP) is 1.54. The molecule has 0 bridgehead atoms. The summed E-state index contributed by atoms with van der Waals surface area (Å²) in [6.45, 7) is 4.17. The quantitative estimate of drug-likeness (QED) is 0.702. The molecule has 0 aromatic carbocycles. The normalized spacial score (nSPS) is 11.5. The molecule has 2 heterocycles. The van der Waals surface area contributed by atoms with Crippen LogP contribution in [0.4, 0.5) is 0 Å². The molecule has 0 spiro atoms. The lowest BCUT2D eigenvalue weighted by atomic mass is 10.2. The van der Waals surface area contributed by atoms with Crippen LogP contribution in [0.3, 0.4) is 0 Å². The van der Waals surface area contributed by atoms with Crippen LogP contribution in [0.5, 0.6) is 0 Å². The third-order valence-corrected chi connectivity index (χ3v) is 2.01. The number of H-pyrrole nitrogens is 1. The van der Waals surface area contributed by atoms with Gasteiger partial charge < -0.3 is 4.98 Å². The Kier molecular flexibility index (Phi) is 1.38. The van der Waals surface area contributed by atoms with Crippen molar-refractivity contribution in [2.45, 2.75) is 19.8 Å². The van der Waals surface area contributed by atoms with E-state index < -0.39 is 0 Å². The maximum absolute atomic E-state index is 4.25. The van der Waals surface area contributed by atoms with Gasteiger partial charge in [-0.1, -0.05) is 13.8 Å². The molecule has 0 fully saturated rings. The number of fused-ring (bicyclic) bond motifs is 1. The molecular weight excluding hydrogens is 160 g/mol. The second-order valence-electron chi connectivity index (χ2n) is 2.71. The summed E-state index contributed by atoms with van der Waals surface area (Å²) in [4.78, 5) is 7.35. The number of aromatic nitrogens is 4. The van der Waals surface area contributed by atoms with Crippen molar-refractivity contribution in [2.75, 3.05) is 0 Å². The summed E-state index contributed by atoms with van der Waals surface area (Å²) < 4.78 is 8.04. The smallest absolute Gasteiger partial charge is 0.212 e. The van der Waals surface area contributed by atoms with Crippen LogP contribution in [-0.2, 0) is 0 Å². The summed E-state index contributed by atoms with van der Waals surface area (Å²) in [5.41, 5.74) is 1.54. The van der Waals surface area contributed by atoms with Crippen LogP contribution < -0.4 is 0 Å². The minimum Gasteiger partial charge on any atom is -0.324 e. The number of aromatic amines is 1. The number of rotatable bonds is 1. The van der Waals surface area contributed by atoms with E-state index in [0.717, 1.165) is 17.1 Å². The lowest BCUT2D eigenvalue weighted by Crippen LogP contribution is -1.89. The maximum Gasteiger partial charge on any atom is 0.212 e. The van der Waals surface area contributed by atoms with E-state index in [9.17, 15) is 0 Å². The average molecular weight is 168 g/mol. The highest BCUT2D eigenvalue weighted by molar-refractivity contribution is 6.99. The van der Waals surface area contributed by atoms with Crippen molar-refractivity contribution in [1.29, 1.82) is 0 Å².